The molecule has 7 heteroatoms. The van der Waals surface area contributed by atoms with E-state index in [-0.39, 0.29) is 23.9 Å². The number of benzene rings is 1. The van der Waals surface area contributed by atoms with Crippen molar-refractivity contribution in [2.24, 2.45) is 0 Å². The third-order valence-corrected chi connectivity index (χ3v) is 5.44. The monoisotopic (exact) mass is 349 g/mol. The van der Waals surface area contributed by atoms with E-state index in [2.05, 4.69) is 10.6 Å². The standard InChI is InChI=1S/C17H23N3O3S/c1-23-15-5-3-2-4-13(15)17(22)20-8-6-12(7-9-20)19-16(21)14-10-24-11-18-14/h2-5,12,14,18H,6-11H2,1H3,(H,19,21). The van der Waals surface area contributed by atoms with Crippen molar-refractivity contribution >= 4 is 23.6 Å². The maximum Gasteiger partial charge on any atom is 0.257 e. The average molecular weight is 349 g/mol. The Kier molecular flexibility index (Phi) is 5.63. The molecule has 1 aromatic carbocycles. The number of methoxy groups -OCH3 is 1. The highest BCUT2D eigenvalue weighted by atomic mass is 32.2. The van der Waals surface area contributed by atoms with Crippen LogP contribution in [0.2, 0.25) is 0 Å². The second-order valence-electron chi connectivity index (χ2n) is 6.05. The van der Waals surface area contributed by atoms with Gasteiger partial charge in [-0.25, -0.2) is 0 Å². The highest BCUT2D eigenvalue weighted by Crippen LogP contribution is 2.21. The summed E-state index contributed by atoms with van der Waals surface area (Å²) in [5.74, 6) is 2.34. The van der Waals surface area contributed by atoms with Crippen LogP contribution in [0, 0.1) is 0 Å². The number of hydrogen-bond donors (Lipinski definition) is 2. The normalized spacial score (nSPS) is 21.5. The van der Waals surface area contributed by atoms with Crippen LogP contribution in [0.25, 0.3) is 0 Å². The molecule has 3 rings (SSSR count). The Morgan fingerprint density at radius 3 is 2.71 bits per heavy atom. The Morgan fingerprint density at radius 2 is 2.04 bits per heavy atom. The fourth-order valence-electron chi connectivity index (χ4n) is 3.08. The lowest BCUT2D eigenvalue weighted by Crippen LogP contribution is -2.51. The summed E-state index contributed by atoms with van der Waals surface area (Å²) in [6.45, 7) is 1.29. The fourth-order valence-corrected chi connectivity index (χ4v) is 4.03. The predicted octanol–water partition coefficient (Wildman–Crippen LogP) is 1.08. The third-order valence-electron chi connectivity index (χ3n) is 4.50. The van der Waals surface area contributed by atoms with E-state index < -0.39 is 0 Å². The van der Waals surface area contributed by atoms with Gasteiger partial charge < -0.3 is 15.0 Å². The molecule has 0 spiro atoms. The first-order valence-electron chi connectivity index (χ1n) is 8.23. The lowest BCUT2D eigenvalue weighted by Gasteiger charge is -2.33. The number of para-hydroxylation sites is 1. The van der Waals surface area contributed by atoms with Gasteiger partial charge in [0.25, 0.3) is 5.91 Å². The van der Waals surface area contributed by atoms with E-state index in [1.165, 1.54) is 0 Å². The molecule has 2 saturated heterocycles. The maximum absolute atomic E-state index is 12.7. The van der Waals surface area contributed by atoms with Gasteiger partial charge in [0.15, 0.2) is 0 Å². The minimum absolute atomic E-state index is 0.00825. The van der Waals surface area contributed by atoms with Gasteiger partial charge in [0.05, 0.1) is 18.7 Å². The first-order chi connectivity index (χ1) is 11.7. The summed E-state index contributed by atoms with van der Waals surface area (Å²) in [6.07, 6.45) is 1.57. The molecular formula is C17H23N3O3S. The molecule has 2 amide bonds. The van der Waals surface area contributed by atoms with Gasteiger partial charge in [0.2, 0.25) is 5.91 Å². The molecular weight excluding hydrogens is 326 g/mol. The number of hydrogen-bond acceptors (Lipinski definition) is 5. The van der Waals surface area contributed by atoms with Gasteiger partial charge in [-0.3, -0.25) is 14.9 Å². The smallest absolute Gasteiger partial charge is 0.257 e. The molecule has 2 heterocycles. The first-order valence-corrected chi connectivity index (χ1v) is 9.38. The van der Waals surface area contributed by atoms with Crippen LogP contribution in [0.1, 0.15) is 23.2 Å². The number of likely N-dealkylation sites (tertiary alicyclic amines) is 1. The van der Waals surface area contributed by atoms with Crippen molar-refractivity contribution in [3.63, 3.8) is 0 Å². The lowest BCUT2D eigenvalue weighted by molar-refractivity contribution is -0.123. The molecule has 2 aliphatic rings. The van der Waals surface area contributed by atoms with Gasteiger partial charge in [0, 0.05) is 30.8 Å². The molecule has 0 bridgehead atoms. The molecule has 130 valence electrons. The molecule has 0 radical (unpaired) electrons. The van der Waals surface area contributed by atoms with E-state index in [9.17, 15) is 9.59 Å². The molecule has 2 fully saturated rings. The Hall–Kier alpha value is -1.73. The van der Waals surface area contributed by atoms with Gasteiger partial charge in [-0.05, 0) is 25.0 Å². The fraction of sp³-hybridized carbons (Fsp3) is 0.529. The minimum Gasteiger partial charge on any atom is -0.496 e. The van der Waals surface area contributed by atoms with E-state index in [1.807, 2.05) is 17.0 Å². The van der Waals surface area contributed by atoms with Crippen LogP contribution >= 0.6 is 11.8 Å². The molecule has 1 unspecified atom stereocenters. The van der Waals surface area contributed by atoms with Crippen LogP contribution in [-0.2, 0) is 4.79 Å². The highest BCUT2D eigenvalue weighted by molar-refractivity contribution is 7.99. The van der Waals surface area contributed by atoms with E-state index in [0.717, 1.165) is 24.5 Å². The zero-order chi connectivity index (χ0) is 16.9. The van der Waals surface area contributed by atoms with Gasteiger partial charge >= 0.3 is 0 Å². The number of rotatable bonds is 4. The van der Waals surface area contributed by atoms with Crippen molar-refractivity contribution in [1.29, 1.82) is 0 Å². The zero-order valence-electron chi connectivity index (χ0n) is 13.8. The largest absolute Gasteiger partial charge is 0.496 e. The van der Waals surface area contributed by atoms with Crippen LogP contribution in [-0.4, -0.2) is 60.6 Å². The van der Waals surface area contributed by atoms with E-state index in [0.29, 0.717) is 24.4 Å². The highest BCUT2D eigenvalue weighted by Gasteiger charge is 2.29. The SMILES string of the molecule is COc1ccccc1C(=O)N1CCC(NC(=O)C2CSCN2)CC1. The second-order valence-corrected chi connectivity index (χ2v) is 7.08. The Morgan fingerprint density at radius 1 is 1.29 bits per heavy atom. The number of thioether (sulfide) groups is 1. The van der Waals surface area contributed by atoms with Gasteiger partial charge in [-0.15, -0.1) is 11.8 Å². The van der Waals surface area contributed by atoms with Crippen molar-refractivity contribution in [2.45, 2.75) is 24.9 Å². The third kappa shape index (κ3) is 3.84. The van der Waals surface area contributed by atoms with Crippen molar-refractivity contribution in [2.75, 3.05) is 31.8 Å². The van der Waals surface area contributed by atoms with Crippen molar-refractivity contribution in [3.8, 4) is 5.75 Å². The van der Waals surface area contributed by atoms with Crippen LogP contribution in [0.15, 0.2) is 24.3 Å². The number of nitrogens with one attached hydrogen (secondary N) is 2. The number of carbonyl (C=O) groups is 2. The number of ether oxygens (including phenoxy) is 1. The van der Waals surface area contributed by atoms with E-state index >= 15 is 0 Å². The Bertz CT molecular complexity index is 596. The molecule has 2 N–H and O–H groups in total. The number of carbonyl (C=O) groups excluding carboxylic acids is 2. The molecule has 6 nitrogen and oxygen atoms in total. The van der Waals surface area contributed by atoms with Gasteiger partial charge in [-0.2, -0.15) is 0 Å². The summed E-state index contributed by atoms with van der Waals surface area (Å²) in [4.78, 5) is 26.7. The summed E-state index contributed by atoms with van der Waals surface area (Å²) in [6, 6.07) is 7.35. The average Bonchev–Trinajstić information content (AvgIpc) is 3.16. The number of amides is 2. The minimum atomic E-state index is -0.0803. The molecule has 0 aliphatic carbocycles. The lowest BCUT2D eigenvalue weighted by atomic mass is 10.0. The molecule has 24 heavy (non-hydrogen) atoms. The van der Waals surface area contributed by atoms with Gasteiger partial charge in [-0.1, -0.05) is 12.1 Å². The van der Waals surface area contributed by atoms with Gasteiger partial charge in [0.1, 0.15) is 5.75 Å². The molecule has 0 saturated carbocycles. The summed E-state index contributed by atoms with van der Waals surface area (Å²) in [7, 11) is 1.57. The molecule has 1 atom stereocenters. The molecule has 0 aromatic heterocycles. The van der Waals surface area contributed by atoms with Crippen LogP contribution in [0.4, 0.5) is 0 Å². The van der Waals surface area contributed by atoms with Crippen molar-refractivity contribution < 1.29 is 14.3 Å². The number of nitrogens with zero attached hydrogens (tertiary/aromatic N) is 1. The number of piperidine rings is 1. The Balaban J connectivity index is 1.53. The summed E-state index contributed by atoms with van der Waals surface area (Å²) in [5.41, 5.74) is 0.592. The molecule has 1 aromatic rings. The Labute approximate surface area is 146 Å². The van der Waals surface area contributed by atoms with Crippen molar-refractivity contribution in [1.82, 2.24) is 15.5 Å². The van der Waals surface area contributed by atoms with Crippen LogP contribution in [0.3, 0.4) is 0 Å². The topological polar surface area (TPSA) is 70.7 Å². The van der Waals surface area contributed by atoms with E-state index in [4.69, 9.17) is 4.74 Å². The zero-order valence-corrected chi connectivity index (χ0v) is 14.6. The summed E-state index contributed by atoms with van der Waals surface area (Å²) in [5, 5.41) is 6.28. The summed E-state index contributed by atoms with van der Waals surface area (Å²) >= 11 is 1.74. The quantitative estimate of drug-likeness (QED) is 0.851. The van der Waals surface area contributed by atoms with E-state index in [1.54, 1.807) is 31.0 Å². The maximum atomic E-state index is 12.7. The summed E-state index contributed by atoms with van der Waals surface area (Å²) < 4.78 is 5.27. The van der Waals surface area contributed by atoms with Crippen LogP contribution < -0.4 is 15.4 Å². The predicted molar refractivity (Wildman–Crippen MR) is 94.3 cm³/mol. The second kappa shape index (κ2) is 7.90. The first kappa shape index (κ1) is 17.1. The van der Waals surface area contributed by atoms with Crippen molar-refractivity contribution in [3.05, 3.63) is 29.8 Å². The molecule has 2 aliphatic heterocycles. The van der Waals surface area contributed by atoms with Crippen LogP contribution in [0.5, 0.6) is 5.75 Å².